The van der Waals surface area contributed by atoms with Gasteiger partial charge in [-0.3, -0.25) is 4.55 Å². The molecule has 1 aromatic rings. The van der Waals surface area contributed by atoms with E-state index in [4.69, 9.17) is 9.66 Å². The van der Waals surface area contributed by atoms with Crippen LogP contribution >= 0.6 is 0 Å². The van der Waals surface area contributed by atoms with Gasteiger partial charge in [-0.2, -0.15) is 8.42 Å². The van der Waals surface area contributed by atoms with Crippen LogP contribution in [-0.4, -0.2) is 24.0 Å². The first kappa shape index (κ1) is 11.7. The fraction of sp³-hybridized carbons (Fsp3) is 0.222. The van der Waals surface area contributed by atoms with E-state index in [0.29, 0.717) is 11.1 Å². The van der Waals surface area contributed by atoms with Crippen LogP contribution < -0.4 is 0 Å². The molecule has 0 radical (unpaired) electrons. The minimum absolute atomic E-state index is 0.123. The first-order valence-corrected chi connectivity index (χ1v) is 5.49. The zero-order valence-electron chi connectivity index (χ0n) is 8.18. The lowest BCUT2D eigenvalue weighted by Crippen LogP contribution is -2.06. The van der Waals surface area contributed by atoms with E-state index in [-0.39, 0.29) is 5.56 Å². The van der Waals surface area contributed by atoms with E-state index < -0.39 is 21.0 Å². The molecule has 0 spiro atoms. The highest BCUT2D eigenvalue weighted by Gasteiger charge is 2.16. The number of carbonyl (C=O) groups is 1. The lowest BCUT2D eigenvalue weighted by molar-refractivity contribution is 0.0695. The molecular weight excluding hydrogens is 220 g/mol. The minimum Gasteiger partial charge on any atom is -0.478 e. The molecule has 0 aliphatic carbocycles. The molecule has 0 aliphatic heterocycles. The van der Waals surface area contributed by atoms with Crippen molar-refractivity contribution < 1.29 is 22.9 Å². The zero-order valence-corrected chi connectivity index (χ0v) is 9.00. The summed E-state index contributed by atoms with van der Waals surface area (Å²) in [5.74, 6) is -1.22. The van der Waals surface area contributed by atoms with E-state index in [9.17, 15) is 13.2 Å². The third kappa shape index (κ3) is 2.34. The molecule has 2 N–H and O–H groups in total. The predicted molar refractivity (Wildman–Crippen MR) is 52.7 cm³/mol. The summed E-state index contributed by atoms with van der Waals surface area (Å²) in [5.41, 5.74) is 0.861. The third-order valence-electron chi connectivity index (χ3n) is 2.17. The Morgan fingerprint density at radius 2 is 1.80 bits per heavy atom. The molecule has 1 rings (SSSR count). The van der Waals surface area contributed by atoms with E-state index in [1.165, 1.54) is 6.07 Å². The van der Waals surface area contributed by atoms with Crippen LogP contribution in [0, 0.1) is 13.8 Å². The summed E-state index contributed by atoms with van der Waals surface area (Å²) in [6, 6.07) is 2.18. The molecule has 6 heteroatoms. The molecule has 0 aromatic heterocycles. The van der Waals surface area contributed by atoms with Crippen LogP contribution in [0.15, 0.2) is 17.0 Å². The average molecular weight is 230 g/mol. The fourth-order valence-electron chi connectivity index (χ4n) is 1.20. The van der Waals surface area contributed by atoms with Gasteiger partial charge in [0.1, 0.15) is 0 Å². The lowest BCUT2D eigenvalue weighted by Gasteiger charge is -2.06. The monoisotopic (exact) mass is 230 g/mol. The zero-order chi connectivity index (χ0) is 11.8. The summed E-state index contributed by atoms with van der Waals surface area (Å²) in [5, 5.41) is 8.80. The molecule has 15 heavy (non-hydrogen) atoms. The molecule has 0 atom stereocenters. The maximum Gasteiger partial charge on any atom is 0.336 e. The Morgan fingerprint density at radius 3 is 2.20 bits per heavy atom. The number of carboxylic acids is 1. The van der Waals surface area contributed by atoms with Crippen LogP contribution in [0.4, 0.5) is 0 Å². The van der Waals surface area contributed by atoms with Gasteiger partial charge in [0.2, 0.25) is 0 Å². The number of benzene rings is 1. The quantitative estimate of drug-likeness (QED) is 0.746. The summed E-state index contributed by atoms with van der Waals surface area (Å²) in [6.45, 7) is 3.16. The summed E-state index contributed by atoms with van der Waals surface area (Å²) in [6.07, 6.45) is 0. The normalized spacial score (nSPS) is 11.4. The number of hydrogen-bond donors (Lipinski definition) is 2. The number of carboxylic acid groups (broad SMARTS) is 1. The molecule has 0 amide bonds. The Morgan fingerprint density at radius 1 is 1.27 bits per heavy atom. The van der Waals surface area contributed by atoms with Gasteiger partial charge in [0.05, 0.1) is 10.5 Å². The molecule has 5 nitrogen and oxygen atoms in total. The van der Waals surface area contributed by atoms with Crippen molar-refractivity contribution in [3.63, 3.8) is 0 Å². The Bertz CT molecular complexity index is 516. The smallest absolute Gasteiger partial charge is 0.336 e. The molecule has 0 fully saturated rings. The fourth-order valence-corrected chi connectivity index (χ4v) is 1.79. The van der Waals surface area contributed by atoms with Crippen molar-refractivity contribution >= 4 is 16.1 Å². The van der Waals surface area contributed by atoms with Crippen molar-refractivity contribution in [3.05, 3.63) is 28.8 Å². The third-order valence-corrected chi connectivity index (χ3v) is 3.00. The van der Waals surface area contributed by atoms with Crippen LogP contribution in [0.2, 0.25) is 0 Å². The van der Waals surface area contributed by atoms with Crippen LogP contribution in [0.1, 0.15) is 21.5 Å². The van der Waals surface area contributed by atoms with Gasteiger partial charge in [-0.05, 0) is 37.1 Å². The largest absolute Gasteiger partial charge is 0.478 e. The van der Waals surface area contributed by atoms with Crippen molar-refractivity contribution in [1.29, 1.82) is 0 Å². The van der Waals surface area contributed by atoms with Crippen LogP contribution in [0.25, 0.3) is 0 Å². The van der Waals surface area contributed by atoms with Gasteiger partial charge in [0, 0.05) is 0 Å². The highest BCUT2D eigenvalue weighted by atomic mass is 32.2. The highest BCUT2D eigenvalue weighted by molar-refractivity contribution is 7.85. The molecule has 1 aromatic carbocycles. The van der Waals surface area contributed by atoms with Crippen LogP contribution in [0.5, 0.6) is 0 Å². The maximum atomic E-state index is 10.8. The molecule has 82 valence electrons. The van der Waals surface area contributed by atoms with Crippen molar-refractivity contribution in [3.8, 4) is 0 Å². The van der Waals surface area contributed by atoms with Gasteiger partial charge in [0.25, 0.3) is 10.1 Å². The van der Waals surface area contributed by atoms with Gasteiger partial charge in [-0.1, -0.05) is 0 Å². The van der Waals surface area contributed by atoms with Gasteiger partial charge in [0.15, 0.2) is 0 Å². The van der Waals surface area contributed by atoms with Crippen molar-refractivity contribution in [2.24, 2.45) is 0 Å². The molecule has 0 saturated carbocycles. The number of aromatic carboxylic acids is 1. The molecule has 0 saturated heterocycles. The van der Waals surface area contributed by atoms with E-state index in [1.54, 1.807) is 13.8 Å². The first-order chi connectivity index (χ1) is 6.73. The van der Waals surface area contributed by atoms with E-state index in [2.05, 4.69) is 0 Å². The van der Waals surface area contributed by atoms with Gasteiger partial charge in [-0.25, -0.2) is 4.79 Å². The topological polar surface area (TPSA) is 91.7 Å². The van der Waals surface area contributed by atoms with E-state index in [0.717, 1.165) is 6.07 Å². The number of rotatable bonds is 2. The SMILES string of the molecule is Cc1cc(S(=O)(=O)O)cc(C(=O)O)c1C. The van der Waals surface area contributed by atoms with Gasteiger partial charge >= 0.3 is 5.97 Å². The van der Waals surface area contributed by atoms with Gasteiger partial charge < -0.3 is 5.11 Å². The summed E-state index contributed by atoms with van der Waals surface area (Å²) >= 11 is 0. The number of aryl methyl sites for hydroxylation is 1. The van der Waals surface area contributed by atoms with Crippen molar-refractivity contribution in [2.75, 3.05) is 0 Å². The predicted octanol–water partition coefficient (Wildman–Crippen LogP) is 1.25. The maximum absolute atomic E-state index is 10.8. The minimum atomic E-state index is -4.36. The Kier molecular flexibility index (Phi) is 2.83. The standard InChI is InChI=1S/C9H10O5S/c1-5-3-7(15(12,13)14)4-8(6(5)2)9(10)11/h3-4H,1-2H3,(H,10,11)(H,12,13,14). The van der Waals surface area contributed by atoms with Gasteiger partial charge in [-0.15, -0.1) is 0 Å². The Labute approximate surface area is 87.1 Å². The lowest BCUT2D eigenvalue weighted by atomic mass is 10.0. The van der Waals surface area contributed by atoms with Crippen LogP contribution in [0.3, 0.4) is 0 Å². The van der Waals surface area contributed by atoms with Crippen LogP contribution in [-0.2, 0) is 10.1 Å². The van der Waals surface area contributed by atoms with Crippen molar-refractivity contribution in [2.45, 2.75) is 18.7 Å². The Hall–Kier alpha value is -1.40. The number of hydrogen-bond acceptors (Lipinski definition) is 3. The Balaban J connectivity index is 3.57. The molecule has 0 heterocycles. The second-order valence-electron chi connectivity index (χ2n) is 3.19. The molecule has 0 bridgehead atoms. The molecule has 0 unspecified atom stereocenters. The molecule has 0 aliphatic rings. The summed E-state index contributed by atoms with van der Waals surface area (Å²) in [7, 11) is -4.36. The highest BCUT2D eigenvalue weighted by Crippen LogP contribution is 2.19. The van der Waals surface area contributed by atoms with Crippen molar-refractivity contribution in [1.82, 2.24) is 0 Å². The summed E-state index contributed by atoms with van der Waals surface area (Å²) in [4.78, 5) is 10.4. The van der Waals surface area contributed by atoms with E-state index >= 15 is 0 Å². The summed E-state index contributed by atoms with van der Waals surface area (Å²) < 4.78 is 30.5. The first-order valence-electron chi connectivity index (χ1n) is 4.05. The second-order valence-corrected chi connectivity index (χ2v) is 4.61. The van der Waals surface area contributed by atoms with E-state index in [1.807, 2.05) is 0 Å². The second kappa shape index (κ2) is 3.63. The molecular formula is C9H10O5S. The average Bonchev–Trinajstić information content (AvgIpc) is 2.06.